The lowest BCUT2D eigenvalue weighted by Gasteiger charge is -2.19. The van der Waals surface area contributed by atoms with Crippen LogP contribution >= 0.6 is 0 Å². The topological polar surface area (TPSA) is 62.5 Å². The van der Waals surface area contributed by atoms with E-state index in [1.54, 1.807) is 22.7 Å². The van der Waals surface area contributed by atoms with Crippen LogP contribution in [0.2, 0.25) is 0 Å². The largest absolute Gasteiger partial charge is 0.416 e. The zero-order valence-corrected chi connectivity index (χ0v) is 15.2. The molecule has 8 heteroatoms. The second-order valence-corrected chi connectivity index (χ2v) is 7.23. The number of fused-ring (bicyclic) bond motifs is 1. The summed E-state index contributed by atoms with van der Waals surface area (Å²) in [6.07, 6.45) is 1.26. The van der Waals surface area contributed by atoms with Gasteiger partial charge in [-0.05, 0) is 43.5 Å². The van der Waals surface area contributed by atoms with Crippen molar-refractivity contribution in [2.45, 2.75) is 50.4 Å². The predicted octanol–water partition coefficient (Wildman–Crippen LogP) is 4.52. The van der Waals surface area contributed by atoms with Gasteiger partial charge in [-0.15, -0.1) is 5.10 Å². The van der Waals surface area contributed by atoms with Crippen LogP contribution in [-0.4, -0.2) is 31.9 Å². The van der Waals surface area contributed by atoms with Gasteiger partial charge in [0.15, 0.2) is 5.65 Å². The van der Waals surface area contributed by atoms with E-state index < -0.39 is 11.7 Å². The normalized spacial score (nSPS) is 20.9. The van der Waals surface area contributed by atoms with Gasteiger partial charge in [-0.1, -0.05) is 25.0 Å². The number of hydrogen-bond acceptors (Lipinski definition) is 4. The monoisotopic (exact) mass is 390 g/mol. The Morgan fingerprint density at radius 3 is 2.75 bits per heavy atom. The Kier molecular flexibility index (Phi) is 4.97. The summed E-state index contributed by atoms with van der Waals surface area (Å²) >= 11 is 0. The van der Waals surface area contributed by atoms with Crippen molar-refractivity contribution in [1.29, 1.82) is 0 Å². The Balaban J connectivity index is 1.65. The third-order valence-corrected chi connectivity index (χ3v) is 5.10. The third-order valence-electron chi connectivity index (χ3n) is 5.10. The molecule has 1 aromatic carbocycles. The van der Waals surface area contributed by atoms with E-state index in [0.29, 0.717) is 29.1 Å². The third kappa shape index (κ3) is 3.96. The van der Waals surface area contributed by atoms with E-state index in [2.05, 4.69) is 15.4 Å². The fraction of sp³-hybridized carbons (Fsp3) is 0.400. The van der Waals surface area contributed by atoms with Crippen LogP contribution in [0.3, 0.4) is 0 Å². The molecule has 2 heterocycles. The molecule has 2 aromatic heterocycles. The highest BCUT2D eigenvalue weighted by Gasteiger charge is 2.30. The Labute approximate surface area is 160 Å². The van der Waals surface area contributed by atoms with Crippen molar-refractivity contribution in [3.8, 4) is 11.3 Å². The van der Waals surface area contributed by atoms with Crippen molar-refractivity contribution in [3.05, 3.63) is 48.2 Å². The van der Waals surface area contributed by atoms with E-state index >= 15 is 0 Å². The number of benzene rings is 1. The molecule has 3 aromatic rings. The highest BCUT2D eigenvalue weighted by Crippen LogP contribution is 2.32. The van der Waals surface area contributed by atoms with Gasteiger partial charge in [0.1, 0.15) is 5.82 Å². The summed E-state index contributed by atoms with van der Waals surface area (Å²) in [6, 6.07) is 8.84. The fourth-order valence-corrected chi connectivity index (χ4v) is 3.68. The van der Waals surface area contributed by atoms with Crippen LogP contribution < -0.4 is 5.32 Å². The van der Waals surface area contributed by atoms with E-state index in [1.165, 1.54) is 12.3 Å². The van der Waals surface area contributed by atoms with Crippen molar-refractivity contribution >= 4 is 11.5 Å². The molecule has 28 heavy (non-hydrogen) atoms. The molecular weight excluding hydrogens is 369 g/mol. The standard InChI is InChI=1S/C20H21F3N4O/c21-20(22,23)14-5-3-4-13(10-14)17-12-24-19-9-8-18(26-27(17)19)25-15-6-1-2-7-16(28)11-15/h3-5,8-10,12,15-16,28H,1-2,6-7,11H2,(H,25,26). The summed E-state index contributed by atoms with van der Waals surface area (Å²) in [7, 11) is 0. The van der Waals surface area contributed by atoms with Gasteiger partial charge in [0.2, 0.25) is 0 Å². The Morgan fingerprint density at radius 1 is 1.11 bits per heavy atom. The average molecular weight is 390 g/mol. The van der Waals surface area contributed by atoms with Gasteiger partial charge in [0.05, 0.1) is 23.6 Å². The van der Waals surface area contributed by atoms with Crippen LogP contribution in [0.15, 0.2) is 42.6 Å². The van der Waals surface area contributed by atoms with Crippen LogP contribution in [0.1, 0.15) is 37.7 Å². The van der Waals surface area contributed by atoms with Gasteiger partial charge < -0.3 is 10.4 Å². The first-order valence-corrected chi connectivity index (χ1v) is 9.37. The number of halogens is 3. The zero-order chi connectivity index (χ0) is 19.7. The lowest BCUT2D eigenvalue weighted by molar-refractivity contribution is -0.137. The maximum absolute atomic E-state index is 13.0. The first-order valence-electron chi connectivity index (χ1n) is 9.37. The highest BCUT2D eigenvalue weighted by atomic mass is 19.4. The van der Waals surface area contributed by atoms with Crippen molar-refractivity contribution in [3.63, 3.8) is 0 Å². The molecule has 0 saturated heterocycles. The average Bonchev–Trinajstić information content (AvgIpc) is 2.96. The minimum Gasteiger partial charge on any atom is -0.393 e. The molecule has 1 aliphatic carbocycles. The summed E-state index contributed by atoms with van der Waals surface area (Å²) in [5, 5.41) is 17.9. The number of rotatable bonds is 3. The zero-order valence-electron chi connectivity index (χ0n) is 15.2. The molecule has 1 aliphatic rings. The van der Waals surface area contributed by atoms with Crippen molar-refractivity contribution in [2.24, 2.45) is 0 Å². The minimum atomic E-state index is -4.41. The maximum Gasteiger partial charge on any atom is 0.416 e. The van der Waals surface area contributed by atoms with Gasteiger partial charge in [0, 0.05) is 11.6 Å². The molecule has 1 fully saturated rings. The first-order chi connectivity index (χ1) is 13.4. The summed E-state index contributed by atoms with van der Waals surface area (Å²) in [6.45, 7) is 0. The van der Waals surface area contributed by atoms with E-state index in [1.807, 2.05) is 0 Å². The predicted molar refractivity (Wildman–Crippen MR) is 99.9 cm³/mol. The van der Waals surface area contributed by atoms with Crippen LogP contribution in [-0.2, 0) is 6.18 Å². The number of aliphatic hydroxyl groups excluding tert-OH is 1. The first kappa shape index (κ1) is 18.7. The molecule has 0 spiro atoms. The molecule has 0 radical (unpaired) electrons. The number of alkyl halides is 3. The van der Waals surface area contributed by atoms with Crippen LogP contribution in [0.4, 0.5) is 19.0 Å². The molecule has 0 amide bonds. The molecule has 0 aliphatic heterocycles. The van der Waals surface area contributed by atoms with Crippen molar-refractivity contribution in [1.82, 2.24) is 14.6 Å². The van der Waals surface area contributed by atoms with Gasteiger partial charge in [-0.25, -0.2) is 9.50 Å². The number of nitrogens with zero attached hydrogens (tertiary/aromatic N) is 3. The number of nitrogens with one attached hydrogen (secondary N) is 1. The van der Waals surface area contributed by atoms with E-state index in [-0.39, 0.29) is 12.1 Å². The Bertz CT molecular complexity index is 969. The number of imidazole rings is 1. The minimum absolute atomic E-state index is 0.114. The molecular formula is C20H21F3N4O. The van der Waals surface area contributed by atoms with E-state index in [9.17, 15) is 18.3 Å². The second-order valence-electron chi connectivity index (χ2n) is 7.23. The lowest BCUT2D eigenvalue weighted by Crippen LogP contribution is -2.24. The van der Waals surface area contributed by atoms with E-state index in [0.717, 1.165) is 37.8 Å². The second kappa shape index (κ2) is 7.43. The molecule has 2 N–H and O–H groups in total. The van der Waals surface area contributed by atoms with Crippen LogP contribution in [0.5, 0.6) is 0 Å². The lowest BCUT2D eigenvalue weighted by atomic mass is 10.1. The SMILES string of the molecule is OC1CCCCC(Nc2ccc3ncc(-c4cccc(C(F)(F)F)c4)n3n2)C1. The number of aromatic nitrogens is 3. The summed E-state index contributed by atoms with van der Waals surface area (Å²) in [5.41, 5.74) is 0.739. The fourth-order valence-electron chi connectivity index (χ4n) is 3.68. The van der Waals surface area contributed by atoms with Gasteiger partial charge >= 0.3 is 6.18 Å². The van der Waals surface area contributed by atoms with Gasteiger partial charge in [-0.2, -0.15) is 13.2 Å². The molecule has 0 bridgehead atoms. The summed E-state index contributed by atoms with van der Waals surface area (Å²) < 4.78 is 40.7. The highest BCUT2D eigenvalue weighted by molar-refractivity contribution is 5.64. The van der Waals surface area contributed by atoms with Crippen LogP contribution in [0.25, 0.3) is 16.9 Å². The molecule has 1 saturated carbocycles. The number of aliphatic hydroxyl groups is 1. The van der Waals surface area contributed by atoms with Crippen molar-refractivity contribution < 1.29 is 18.3 Å². The quantitative estimate of drug-likeness (QED) is 0.646. The molecule has 148 valence electrons. The molecule has 2 atom stereocenters. The van der Waals surface area contributed by atoms with Gasteiger partial charge in [-0.3, -0.25) is 0 Å². The number of hydrogen-bond donors (Lipinski definition) is 2. The Morgan fingerprint density at radius 2 is 1.93 bits per heavy atom. The van der Waals surface area contributed by atoms with Gasteiger partial charge in [0.25, 0.3) is 0 Å². The number of anilines is 1. The molecule has 5 nitrogen and oxygen atoms in total. The molecule has 2 unspecified atom stereocenters. The van der Waals surface area contributed by atoms with E-state index in [4.69, 9.17) is 0 Å². The summed E-state index contributed by atoms with van der Waals surface area (Å²) in [5.74, 6) is 0.609. The molecule has 4 rings (SSSR count). The van der Waals surface area contributed by atoms with Crippen molar-refractivity contribution in [2.75, 3.05) is 5.32 Å². The smallest absolute Gasteiger partial charge is 0.393 e. The Hall–Kier alpha value is -2.61. The summed E-state index contributed by atoms with van der Waals surface area (Å²) in [4.78, 5) is 4.25. The van der Waals surface area contributed by atoms with Crippen LogP contribution in [0, 0.1) is 0 Å². The maximum atomic E-state index is 13.0.